The van der Waals surface area contributed by atoms with E-state index in [1.165, 1.54) is 12.8 Å². The van der Waals surface area contributed by atoms with Gasteiger partial charge in [-0.15, -0.1) is 0 Å². The molecule has 0 spiro atoms. The topological polar surface area (TPSA) is 22.1 Å². The first-order valence-electron chi connectivity index (χ1n) is 4.05. The number of rotatable bonds is 2. The fourth-order valence-corrected chi connectivity index (χ4v) is 1.16. The van der Waals surface area contributed by atoms with Crippen molar-refractivity contribution in [1.29, 1.82) is 0 Å². The quantitative estimate of drug-likeness (QED) is 0.776. The Bertz CT molecular complexity index is 297. The molecule has 0 atom stereocenters. The Morgan fingerprint density at radius 3 is 2.83 bits per heavy atom. The van der Waals surface area contributed by atoms with E-state index < -0.39 is 0 Å². The summed E-state index contributed by atoms with van der Waals surface area (Å²) in [6.45, 7) is 1.96. The van der Waals surface area contributed by atoms with Crippen molar-refractivity contribution in [2.45, 2.75) is 25.9 Å². The molecule has 64 valence electrons. The predicted octanol–water partition coefficient (Wildman–Crippen LogP) is 2.69. The van der Waals surface area contributed by atoms with Crippen LogP contribution in [0.25, 0.3) is 0 Å². The van der Waals surface area contributed by atoms with Crippen molar-refractivity contribution in [2.75, 3.05) is 0 Å². The van der Waals surface area contributed by atoms with E-state index in [1.54, 1.807) is 0 Å². The molecule has 1 aromatic rings. The molecular weight excluding hydrogens is 218 g/mol. The zero-order valence-electron chi connectivity index (χ0n) is 6.88. The average Bonchev–Trinajstić information content (AvgIpc) is 2.81. The molecule has 1 aromatic heterocycles. The van der Waals surface area contributed by atoms with E-state index in [1.807, 2.05) is 19.1 Å². The molecule has 0 amide bonds. The maximum atomic E-state index is 5.53. The van der Waals surface area contributed by atoms with Crippen LogP contribution in [-0.4, -0.2) is 11.1 Å². The highest BCUT2D eigenvalue weighted by atomic mass is 79.9. The van der Waals surface area contributed by atoms with Crippen LogP contribution in [0.4, 0.5) is 0 Å². The molecule has 1 saturated carbocycles. The highest BCUT2D eigenvalue weighted by Crippen LogP contribution is 2.26. The van der Waals surface area contributed by atoms with Gasteiger partial charge < -0.3 is 4.74 Å². The van der Waals surface area contributed by atoms with Crippen LogP contribution in [0.3, 0.4) is 0 Å². The zero-order valence-corrected chi connectivity index (χ0v) is 8.47. The third-order valence-corrected chi connectivity index (χ3v) is 2.65. The van der Waals surface area contributed by atoms with Crippen LogP contribution < -0.4 is 4.74 Å². The number of pyridine rings is 1. The predicted molar refractivity (Wildman–Crippen MR) is 50.3 cm³/mol. The van der Waals surface area contributed by atoms with Gasteiger partial charge in [0.25, 0.3) is 0 Å². The minimum atomic E-state index is 0.429. The summed E-state index contributed by atoms with van der Waals surface area (Å²) in [7, 11) is 0. The van der Waals surface area contributed by atoms with Crippen molar-refractivity contribution in [3.63, 3.8) is 0 Å². The van der Waals surface area contributed by atoms with E-state index >= 15 is 0 Å². The number of halogens is 1. The standard InChI is InChI=1S/C9H10BrNO/c1-6-8(10)4-5-9(11-6)12-7-2-3-7/h4-5,7H,2-3H2,1H3. The Morgan fingerprint density at radius 2 is 2.25 bits per heavy atom. The highest BCUT2D eigenvalue weighted by Gasteiger charge is 2.23. The van der Waals surface area contributed by atoms with E-state index in [-0.39, 0.29) is 0 Å². The van der Waals surface area contributed by atoms with Gasteiger partial charge in [-0.2, -0.15) is 0 Å². The van der Waals surface area contributed by atoms with Gasteiger partial charge in [-0.1, -0.05) is 0 Å². The lowest BCUT2D eigenvalue weighted by Crippen LogP contribution is -1.98. The number of nitrogens with zero attached hydrogens (tertiary/aromatic N) is 1. The van der Waals surface area contributed by atoms with Gasteiger partial charge in [-0.25, -0.2) is 4.98 Å². The van der Waals surface area contributed by atoms with Gasteiger partial charge in [0.2, 0.25) is 5.88 Å². The van der Waals surface area contributed by atoms with Crippen LogP contribution >= 0.6 is 15.9 Å². The number of aromatic nitrogens is 1. The monoisotopic (exact) mass is 227 g/mol. The van der Waals surface area contributed by atoms with Crippen LogP contribution in [-0.2, 0) is 0 Å². The first kappa shape index (κ1) is 8.05. The molecule has 1 aliphatic carbocycles. The molecule has 0 N–H and O–H groups in total. The van der Waals surface area contributed by atoms with E-state index in [4.69, 9.17) is 4.74 Å². The summed E-state index contributed by atoms with van der Waals surface area (Å²) in [4.78, 5) is 4.28. The third kappa shape index (κ3) is 1.78. The normalized spacial score (nSPS) is 16.2. The van der Waals surface area contributed by atoms with E-state index in [2.05, 4.69) is 20.9 Å². The van der Waals surface area contributed by atoms with Crippen LogP contribution in [0.1, 0.15) is 18.5 Å². The largest absolute Gasteiger partial charge is 0.474 e. The van der Waals surface area contributed by atoms with Crippen LogP contribution in [0.2, 0.25) is 0 Å². The van der Waals surface area contributed by atoms with Crippen LogP contribution in [0, 0.1) is 6.92 Å². The Labute approximate surface area is 80.1 Å². The lowest BCUT2D eigenvalue weighted by atomic mass is 10.4. The summed E-state index contributed by atoms with van der Waals surface area (Å²) in [6.07, 6.45) is 2.78. The first-order valence-corrected chi connectivity index (χ1v) is 4.85. The second-order valence-corrected chi connectivity index (χ2v) is 3.89. The number of ether oxygens (including phenoxy) is 1. The third-order valence-electron chi connectivity index (χ3n) is 1.81. The van der Waals surface area contributed by atoms with Gasteiger partial charge >= 0.3 is 0 Å². The minimum Gasteiger partial charge on any atom is -0.474 e. The summed E-state index contributed by atoms with van der Waals surface area (Å²) in [5.74, 6) is 0.748. The molecule has 0 radical (unpaired) electrons. The van der Waals surface area contributed by atoms with E-state index in [0.717, 1.165) is 16.0 Å². The molecular formula is C9H10BrNO. The molecule has 0 bridgehead atoms. The van der Waals surface area contributed by atoms with Gasteiger partial charge in [-0.3, -0.25) is 0 Å². The van der Waals surface area contributed by atoms with Crippen molar-refractivity contribution >= 4 is 15.9 Å². The second kappa shape index (κ2) is 3.05. The first-order chi connectivity index (χ1) is 5.75. The second-order valence-electron chi connectivity index (χ2n) is 3.03. The molecule has 1 fully saturated rings. The summed E-state index contributed by atoms with van der Waals surface area (Å²) in [5, 5.41) is 0. The fourth-order valence-electron chi connectivity index (χ4n) is 0.943. The summed E-state index contributed by atoms with van der Waals surface area (Å²) < 4.78 is 6.56. The lowest BCUT2D eigenvalue weighted by molar-refractivity contribution is 0.290. The van der Waals surface area contributed by atoms with Crippen LogP contribution in [0.15, 0.2) is 16.6 Å². The molecule has 1 heterocycles. The molecule has 0 saturated heterocycles. The maximum absolute atomic E-state index is 5.53. The molecule has 1 aliphatic rings. The fraction of sp³-hybridized carbons (Fsp3) is 0.444. The Balaban J connectivity index is 2.15. The van der Waals surface area contributed by atoms with Crippen LogP contribution in [0.5, 0.6) is 5.88 Å². The Kier molecular flexibility index (Phi) is 2.05. The smallest absolute Gasteiger partial charge is 0.213 e. The molecule has 0 aromatic carbocycles. The van der Waals surface area contributed by atoms with E-state index in [9.17, 15) is 0 Å². The van der Waals surface area contributed by atoms with Crippen molar-refractivity contribution in [1.82, 2.24) is 4.98 Å². The van der Waals surface area contributed by atoms with Gasteiger partial charge in [0.15, 0.2) is 0 Å². The summed E-state index contributed by atoms with van der Waals surface area (Å²) in [5.41, 5.74) is 0.980. The van der Waals surface area contributed by atoms with Gasteiger partial charge in [0.05, 0.1) is 5.69 Å². The number of hydrogen-bond donors (Lipinski definition) is 0. The Morgan fingerprint density at radius 1 is 1.50 bits per heavy atom. The van der Waals surface area contributed by atoms with Gasteiger partial charge in [-0.05, 0) is 41.8 Å². The molecule has 12 heavy (non-hydrogen) atoms. The molecule has 3 heteroatoms. The van der Waals surface area contributed by atoms with Crippen molar-refractivity contribution in [2.24, 2.45) is 0 Å². The van der Waals surface area contributed by atoms with Crippen molar-refractivity contribution < 1.29 is 4.74 Å². The van der Waals surface area contributed by atoms with Crippen molar-refractivity contribution in [3.05, 3.63) is 22.3 Å². The van der Waals surface area contributed by atoms with Crippen molar-refractivity contribution in [3.8, 4) is 5.88 Å². The van der Waals surface area contributed by atoms with E-state index in [0.29, 0.717) is 6.10 Å². The molecule has 0 unspecified atom stereocenters. The lowest BCUT2D eigenvalue weighted by Gasteiger charge is -2.04. The number of aryl methyl sites for hydroxylation is 1. The highest BCUT2D eigenvalue weighted by molar-refractivity contribution is 9.10. The molecule has 2 rings (SSSR count). The molecule has 2 nitrogen and oxygen atoms in total. The average molecular weight is 228 g/mol. The maximum Gasteiger partial charge on any atom is 0.213 e. The summed E-state index contributed by atoms with van der Waals surface area (Å²) in [6, 6.07) is 3.87. The number of hydrogen-bond acceptors (Lipinski definition) is 2. The van der Waals surface area contributed by atoms with Gasteiger partial charge in [0, 0.05) is 10.5 Å². The minimum absolute atomic E-state index is 0.429. The SMILES string of the molecule is Cc1nc(OC2CC2)ccc1Br. The molecule has 0 aliphatic heterocycles. The zero-order chi connectivity index (χ0) is 8.55. The Hall–Kier alpha value is -0.570. The summed E-state index contributed by atoms with van der Waals surface area (Å²) >= 11 is 3.39. The van der Waals surface area contributed by atoms with Gasteiger partial charge in [0.1, 0.15) is 6.10 Å².